The van der Waals surface area contributed by atoms with Crippen LogP contribution in [0.15, 0.2) is 42.5 Å². The number of primary amides is 1. The van der Waals surface area contributed by atoms with Crippen molar-refractivity contribution in [2.75, 3.05) is 0 Å². The molecule has 1 aromatic heterocycles. The lowest BCUT2D eigenvalue weighted by Gasteiger charge is -2.04. The fraction of sp³-hybridized carbons (Fsp3) is 0.0667. The summed E-state index contributed by atoms with van der Waals surface area (Å²) in [6.07, 6.45) is -1.01. The molecule has 3 N–H and O–H groups in total. The first-order valence-electron chi connectivity index (χ1n) is 6.43. The van der Waals surface area contributed by atoms with Crippen LogP contribution in [0.3, 0.4) is 0 Å². The molecule has 0 aliphatic rings. The number of imidazole rings is 1. The summed E-state index contributed by atoms with van der Waals surface area (Å²) in [5.74, 6) is -0.313. The van der Waals surface area contributed by atoms with Crippen molar-refractivity contribution in [3.05, 3.63) is 48.3 Å². The van der Waals surface area contributed by atoms with Crippen LogP contribution in [0.1, 0.15) is 0 Å². The SMILES string of the molecule is NC(=O)Oc1nc2cc(-c3ccc(F)cc3)ccc2n1CO. The Kier molecular flexibility index (Phi) is 3.48. The Morgan fingerprint density at radius 2 is 1.91 bits per heavy atom. The second-order valence-electron chi connectivity index (χ2n) is 4.60. The van der Waals surface area contributed by atoms with E-state index in [0.29, 0.717) is 11.0 Å². The number of benzene rings is 2. The minimum Gasteiger partial charge on any atom is -0.376 e. The molecule has 0 radical (unpaired) electrons. The number of nitrogens with zero attached hydrogens (tertiary/aromatic N) is 2. The first kappa shape index (κ1) is 14.0. The van der Waals surface area contributed by atoms with Crippen LogP contribution >= 0.6 is 0 Å². The summed E-state index contributed by atoms with van der Waals surface area (Å²) in [4.78, 5) is 15.0. The first-order valence-corrected chi connectivity index (χ1v) is 6.43. The van der Waals surface area contributed by atoms with Crippen LogP contribution in [0, 0.1) is 5.82 Å². The largest absolute Gasteiger partial charge is 0.412 e. The summed E-state index contributed by atoms with van der Waals surface area (Å²) >= 11 is 0. The highest BCUT2D eigenvalue weighted by molar-refractivity contribution is 5.83. The predicted octanol–water partition coefficient (Wildman–Crippen LogP) is 2.25. The lowest BCUT2D eigenvalue weighted by molar-refractivity contribution is 0.183. The van der Waals surface area contributed by atoms with Crippen molar-refractivity contribution in [2.45, 2.75) is 6.73 Å². The molecule has 1 heterocycles. The maximum Gasteiger partial charge on any atom is 0.412 e. The molecule has 0 unspecified atom stereocenters. The summed E-state index contributed by atoms with van der Waals surface area (Å²) in [5.41, 5.74) is 7.72. The second-order valence-corrected chi connectivity index (χ2v) is 4.60. The molecule has 0 saturated heterocycles. The van der Waals surface area contributed by atoms with Crippen LogP contribution in [0.4, 0.5) is 9.18 Å². The van der Waals surface area contributed by atoms with Gasteiger partial charge in [-0.25, -0.2) is 9.18 Å². The Labute approximate surface area is 124 Å². The molecule has 6 nitrogen and oxygen atoms in total. The average Bonchev–Trinajstić information content (AvgIpc) is 2.83. The van der Waals surface area contributed by atoms with E-state index in [1.807, 2.05) is 0 Å². The van der Waals surface area contributed by atoms with E-state index in [9.17, 15) is 14.3 Å². The van der Waals surface area contributed by atoms with Gasteiger partial charge in [0.2, 0.25) is 0 Å². The van der Waals surface area contributed by atoms with Crippen molar-refractivity contribution in [3.8, 4) is 17.1 Å². The molecule has 0 bridgehead atoms. The zero-order valence-corrected chi connectivity index (χ0v) is 11.4. The van der Waals surface area contributed by atoms with E-state index < -0.39 is 12.8 Å². The molecule has 0 atom stereocenters. The predicted molar refractivity (Wildman–Crippen MR) is 77.6 cm³/mol. The number of nitrogens with two attached hydrogens (primary N) is 1. The fourth-order valence-electron chi connectivity index (χ4n) is 2.23. The van der Waals surface area contributed by atoms with Gasteiger partial charge in [0.25, 0.3) is 0 Å². The zero-order chi connectivity index (χ0) is 15.7. The molecule has 0 spiro atoms. The Morgan fingerprint density at radius 1 is 1.23 bits per heavy atom. The van der Waals surface area contributed by atoms with E-state index >= 15 is 0 Å². The lowest BCUT2D eigenvalue weighted by atomic mass is 10.1. The number of halogens is 1. The molecule has 3 rings (SSSR count). The molecule has 2 aromatic carbocycles. The maximum atomic E-state index is 13.0. The number of rotatable bonds is 3. The van der Waals surface area contributed by atoms with Crippen molar-refractivity contribution < 1.29 is 19.0 Å². The van der Waals surface area contributed by atoms with Crippen molar-refractivity contribution in [3.63, 3.8) is 0 Å². The number of aliphatic hydroxyl groups is 1. The summed E-state index contributed by atoms with van der Waals surface area (Å²) in [7, 11) is 0. The summed E-state index contributed by atoms with van der Waals surface area (Å²) in [6, 6.07) is 11.2. The topological polar surface area (TPSA) is 90.4 Å². The quantitative estimate of drug-likeness (QED) is 0.776. The molecule has 0 aliphatic carbocycles. The van der Waals surface area contributed by atoms with Crippen LogP contribution in [-0.2, 0) is 6.73 Å². The van der Waals surface area contributed by atoms with Gasteiger partial charge in [0.15, 0.2) is 0 Å². The number of hydrogen-bond donors (Lipinski definition) is 2. The molecule has 3 aromatic rings. The molecule has 0 fully saturated rings. The Balaban J connectivity index is 2.10. The van der Waals surface area contributed by atoms with Crippen molar-refractivity contribution in [1.82, 2.24) is 9.55 Å². The van der Waals surface area contributed by atoms with Gasteiger partial charge in [-0.15, -0.1) is 0 Å². The number of aliphatic hydroxyl groups excluding tert-OH is 1. The number of fused-ring (bicyclic) bond motifs is 1. The second kappa shape index (κ2) is 5.45. The van der Waals surface area contributed by atoms with Crippen LogP contribution in [0.5, 0.6) is 6.01 Å². The van der Waals surface area contributed by atoms with E-state index in [2.05, 4.69) is 4.98 Å². The van der Waals surface area contributed by atoms with Gasteiger partial charge in [-0.1, -0.05) is 18.2 Å². The summed E-state index contributed by atoms with van der Waals surface area (Å²) < 4.78 is 19.1. The Bertz CT molecular complexity index is 843. The molecule has 0 saturated carbocycles. The number of carbonyl (C=O) groups is 1. The monoisotopic (exact) mass is 301 g/mol. The molecule has 0 aliphatic heterocycles. The maximum absolute atomic E-state index is 13.0. The number of aromatic nitrogens is 2. The molecule has 1 amide bonds. The lowest BCUT2D eigenvalue weighted by Crippen LogP contribution is -2.18. The van der Waals surface area contributed by atoms with Crippen molar-refractivity contribution in [1.29, 1.82) is 0 Å². The number of hydrogen-bond acceptors (Lipinski definition) is 4. The molecular formula is C15H12FN3O3. The van der Waals surface area contributed by atoms with E-state index in [-0.39, 0.29) is 11.8 Å². The third kappa shape index (κ3) is 2.49. The van der Waals surface area contributed by atoms with Gasteiger partial charge in [-0.2, -0.15) is 4.98 Å². The van der Waals surface area contributed by atoms with Crippen LogP contribution in [0.2, 0.25) is 0 Å². The number of amides is 1. The fourth-order valence-corrected chi connectivity index (χ4v) is 2.23. The van der Waals surface area contributed by atoms with Gasteiger partial charge in [0, 0.05) is 0 Å². The summed E-state index contributed by atoms with van der Waals surface area (Å²) in [6.45, 7) is -0.408. The summed E-state index contributed by atoms with van der Waals surface area (Å²) in [5, 5.41) is 9.38. The first-order chi connectivity index (χ1) is 10.6. The molecule has 112 valence electrons. The smallest absolute Gasteiger partial charge is 0.376 e. The standard InChI is InChI=1S/C15H12FN3O3/c16-11-4-1-9(2-5-11)10-3-6-13-12(7-10)18-15(19(13)8-20)22-14(17)21/h1-7,20H,8H2,(H2,17,21). The highest BCUT2D eigenvalue weighted by atomic mass is 19.1. The van der Waals surface area contributed by atoms with Gasteiger partial charge in [-0.05, 0) is 35.4 Å². The minimum atomic E-state index is -1.01. The normalized spacial score (nSPS) is 10.8. The van der Waals surface area contributed by atoms with Gasteiger partial charge in [0.05, 0.1) is 11.0 Å². The number of carbonyl (C=O) groups excluding carboxylic acids is 1. The van der Waals surface area contributed by atoms with Crippen LogP contribution in [-0.4, -0.2) is 20.8 Å². The van der Waals surface area contributed by atoms with Gasteiger partial charge in [0.1, 0.15) is 12.5 Å². The Hall–Kier alpha value is -2.93. The van der Waals surface area contributed by atoms with E-state index in [0.717, 1.165) is 11.1 Å². The van der Waals surface area contributed by atoms with E-state index in [1.54, 1.807) is 30.3 Å². The van der Waals surface area contributed by atoms with E-state index in [4.69, 9.17) is 10.5 Å². The average molecular weight is 301 g/mol. The zero-order valence-electron chi connectivity index (χ0n) is 11.4. The Morgan fingerprint density at radius 3 is 2.55 bits per heavy atom. The highest BCUT2D eigenvalue weighted by Crippen LogP contribution is 2.27. The third-order valence-corrected chi connectivity index (χ3v) is 3.22. The number of ether oxygens (including phenoxy) is 1. The minimum absolute atomic E-state index is 0.0822. The molecular weight excluding hydrogens is 289 g/mol. The third-order valence-electron chi connectivity index (χ3n) is 3.22. The molecule has 7 heteroatoms. The van der Waals surface area contributed by atoms with Crippen molar-refractivity contribution >= 4 is 17.1 Å². The van der Waals surface area contributed by atoms with Gasteiger partial charge in [-0.3, -0.25) is 4.57 Å². The van der Waals surface area contributed by atoms with Crippen LogP contribution in [0.25, 0.3) is 22.2 Å². The molecule has 22 heavy (non-hydrogen) atoms. The van der Waals surface area contributed by atoms with Crippen LogP contribution < -0.4 is 10.5 Å². The highest BCUT2D eigenvalue weighted by Gasteiger charge is 2.14. The van der Waals surface area contributed by atoms with Gasteiger partial charge < -0.3 is 15.6 Å². The van der Waals surface area contributed by atoms with Gasteiger partial charge >= 0.3 is 12.1 Å². The van der Waals surface area contributed by atoms with E-state index in [1.165, 1.54) is 16.7 Å². The van der Waals surface area contributed by atoms with Crippen molar-refractivity contribution in [2.24, 2.45) is 5.73 Å².